The van der Waals surface area contributed by atoms with Gasteiger partial charge < -0.3 is 4.74 Å². The highest BCUT2D eigenvalue weighted by Crippen LogP contribution is 2.37. The highest BCUT2D eigenvalue weighted by Gasteiger charge is 2.27. The van der Waals surface area contributed by atoms with Crippen LogP contribution in [0.15, 0.2) is 36.4 Å². The maximum atomic E-state index is 12.0. The van der Waals surface area contributed by atoms with E-state index in [9.17, 15) is 4.79 Å². The van der Waals surface area contributed by atoms with Gasteiger partial charge in [0.1, 0.15) is 6.10 Å². The van der Waals surface area contributed by atoms with Crippen molar-refractivity contribution in [3.8, 4) is 0 Å². The van der Waals surface area contributed by atoms with E-state index in [1.807, 2.05) is 18.2 Å². The molecule has 3 rings (SSSR count). The molecular formula is C16H16O2. The molecule has 1 heterocycles. The van der Waals surface area contributed by atoms with Gasteiger partial charge in [0.15, 0.2) is 0 Å². The van der Waals surface area contributed by atoms with Gasteiger partial charge in [-0.25, -0.2) is 4.79 Å². The van der Waals surface area contributed by atoms with Gasteiger partial charge in [-0.1, -0.05) is 43.7 Å². The first-order valence-corrected chi connectivity index (χ1v) is 6.54. The molecule has 2 nitrogen and oxygen atoms in total. The lowest BCUT2D eigenvalue weighted by molar-refractivity contribution is 0.0258. The number of unbranched alkanes of at least 4 members (excludes halogenated alkanes) is 1. The molecule has 0 saturated carbocycles. The standard InChI is InChI=1S/C16H16O2/c1-2-3-10-14-12-8-4-6-11-7-5-9-13(15(11)12)16(17)18-14/h4-9,14H,2-3,10H2,1H3. The SMILES string of the molecule is CCCCC1OC(=O)c2cccc3cccc1c23. The fourth-order valence-electron chi connectivity index (χ4n) is 2.67. The summed E-state index contributed by atoms with van der Waals surface area (Å²) in [4.78, 5) is 12.0. The highest BCUT2D eigenvalue weighted by molar-refractivity contribution is 6.07. The van der Waals surface area contributed by atoms with Gasteiger partial charge in [0.05, 0.1) is 5.56 Å². The van der Waals surface area contributed by atoms with Gasteiger partial charge in [-0.05, 0) is 24.3 Å². The second-order valence-corrected chi connectivity index (χ2v) is 4.79. The van der Waals surface area contributed by atoms with Crippen LogP contribution in [0, 0.1) is 0 Å². The molecule has 0 fully saturated rings. The zero-order valence-corrected chi connectivity index (χ0v) is 10.5. The van der Waals surface area contributed by atoms with Crippen LogP contribution in [-0.2, 0) is 4.74 Å². The summed E-state index contributed by atoms with van der Waals surface area (Å²) < 4.78 is 5.57. The molecule has 0 spiro atoms. The Hall–Kier alpha value is -1.83. The summed E-state index contributed by atoms with van der Waals surface area (Å²) in [5.74, 6) is -0.180. The number of cyclic esters (lactones) is 1. The fraction of sp³-hybridized carbons (Fsp3) is 0.312. The molecule has 92 valence electrons. The smallest absolute Gasteiger partial charge is 0.339 e. The summed E-state index contributed by atoms with van der Waals surface area (Å²) in [6.45, 7) is 2.15. The van der Waals surface area contributed by atoms with Crippen molar-refractivity contribution in [1.82, 2.24) is 0 Å². The van der Waals surface area contributed by atoms with Gasteiger partial charge >= 0.3 is 5.97 Å². The molecule has 0 radical (unpaired) electrons. The number of ether oxygens (including phenoxy) is 1. The topological polar surface area (TPSA) is 26.3 Å². The first kappa shape index (κ1) is 11.3. The van der Waals surface area contributed by atoms with Gasteiger partial charge in [-0.15, -0.1) is 0 Å². The molecule has 1 atom stereocenters. The van der Waals surface area contributed by atoms with E-state index >= 15 is 0 Å². The number of benzene rings is 2. The molecule has 1 aliphatic heterocycles. The molecule has 0 aromatic heterocycles. The van der Waals surface area contributed by atoms with Crippen molar-refractivity contribution in [2.45, 2.75) is 32.3 Å². The second kappa shape index (κ2) is 4.45. The minimum Gasteiger partial charge on any atom is -0.454 e. The lowest BCUT2D eigenvalue weighted by Crippen LogP contribution is -2.18. The van der Waals surface area contributed by atoms with Crippen LogP contribution in [0.25, 0.3) is 10.8 Å². The first-order chi connectivity index (χ1) is 8.81. The Balaban J connectivity index is 2.17. The Morgan fingerprint density at radius 1 is 1.17 bits per heavy atom. The Labute approximate surface area is 107 Å². The third-order valence-corrected chi connectivity index (χ3v) is 3.57. The third kappa shape index (κ3) is 1.69. The van der Waals surface area contributed by atoms with E-state index in [2.05, 4.69) is 25.1 Å². The third-order valence-electron chi connectivity index (χ3n) is 3.57. The summed E-state index contributed by atoms with van der Waals surface area (Å²) >= 11 is 0. The lowest BCUT2D eigenvalue weighted by atomic mass is 9.92. The molecule has 1 unspecified atom stereocenters. The fourth-order valence-corrected chi connectivity index (χ4v) is 2.67. The maximum Gasteiger partial charge on any atom is 0.339 e. The van der Waals surface area contributed by atoms with E-state index in [4.69, 9.17) is 4.74 Å². The number of esters is 1. The minimum absolute atomic E-state index is 0.0731. The molecule has 2 heteroatoms. The molecule has 18 heavy (non-hydrogen) atoms. The van der Waals surface area contributed by atoms with Crippen LogP contribution < -0.4 is 0 Å². The van der Waals surface area contributed by atoms with Crippen molar-refractivity contribution in [3.05, 3.63) is 47.5 Å². The predicted octanol–water partition coefficient (Wildman–Crippen LogP) is 4.24. The molecule has 1 aliphatic rings. The summed E-state index contributed by atoms with van der Waals surface area (Å²) in [7, 11) is 0. The molecule has 0 saturated heterocycles. The summed E-state index contributed by atoms with van der Waals surface area (Å²) in [6, 6.07) is 12.0. The second-order valence-electron chi connectivity index (χ2n) is 4.79. The minimum atomic E-state index is -0.180. The number of hydrogen-bond acceptors (Lipinski definition) is 2. The number of carbonyl (C=O) groups is 1. The number of hydrogen-bond donors (Lipinski definition) is 0. The van der Waals surface area contributed by atoms with Crippen molar-refractivity contribution >= 4 is 16.7 Å². The van der Waals surface area contributed by atoms with E-state index in [0.717, 1.165) is 35.6 Å². The highest BCUT2D eigenvalue weighted by atomic mass is 16.5. The van der Waals surface area contributed by atoms with E-state index in [1.165, 1.54) is 0 Å². The van der Waals surface area contributed by atoms with Crippen molar-refractivity contribution < 1.29 is 9.53 Å². The monoisotopic (exact) mass is 240 g/mol. The average Bonchev–Trinajstić information content (AvgIpc) is 2.41. The average molecular weight is 240 g/mol. The van der Waals surface area contributed by atoms with Crippen LogP contribution in [0.3, 0.4) is 0 Å². The quantitative estimate of drug-likeness (QED) is 0.750. The Kier molecular flexibility index (Phi) is 2.78. The predicted molar refractivity (Wildman–Crippen MR) is 71.6 cm³/mol. The van der Waals surface area contributed by atoms with Gasteiger partial charge in [-0.3, -0.25) is 0 Å². The maximum absolute atomic E-state index is 12.0. The van der Waals surface area contributed by atoms with Gasteiger partial charge in [0, 0.05) is 10.9 Å². The first-order valence-electron chi connectivity index (χ1n) is 6.54. The van der Waals surface area contributed by atoms with Crippen LogP contribution in [-0.4, -0.2) is 5.97 Å². The lowest BCUT2D eigenvalue weighted by Gasteiger charge is -2.25. The molecule has 0 bridgehead atoms. The molecule has 2 aromatic carbocycles. The molecule has 2 aromatic rings. The summed E-state index contributed by atoms with van der Waals surface area (Å²) in [5.41, 5.74) is 1.87. The number of rotatable bonds is 3. The van der Waals surface area contributed by atoms with Crippen LogP contribution in [0.4, 0.5) is 0 Å². The summed E-state index contributed by atoms with van der Waals surface area (Å²) in [5, 5.41) is 2.21. The van der Waals surface area contributed by atoms with Gasteiger partial charge in [0.2, 0.25) is 0 Å². The molecule has 0 amide bonds. The van der Waals surface area contributed by atoms with E-state index in [-0.39, 0.29) is 12.1 Å². The zero-order valence-electron chi connectivity index (χ0n) is 10.5. The van der Waals surface area contributed by atoms with Crippen LogP contribution in [0.1, 0.15) is 48.2 Å². The summed E-state index contributed by atoms with van der Waals surface area (Å²) in [6.07, 6.45) is 3.04. The van der Waals surface area contributed by atoms with Gasteiger partial charge in [-0.2, -0.15) is 0 Å². The van der Waals surface area contributed by atoms with Crippen molar-refractivity contribution in [3.63, 3.8) is 0 Å². The Morgan fingerprint density at radius 3 is 2.72 bits per heavy atom. The van der Waals surface area contributed by atoms with Crippen LogP contribution >= 0.6 is 0 Å². The molecular weight excluding hydrogens is 224 g/mol. The zero-order chi connectivity index (χ0) is 12.5. The Bertz CT molecular complexity index is 596. The molecule has 0 N–H and O–H groups in total. The number of carbonyl (C=O) groups excluding carboxylic acids is 1. The Morgan fingerprint density at radius 2 is 1.94 bits per heavy atom. The molecule has 0 aliphatic carbocycles. The van der Waals surface area contributed by atoms with E-state index in [1.54, 1.807) is 0 Å². The normalized spacial score (nSPS) is 17.8. The van der Waals surface area contributed by atoms with Crippen LogP contribution in [0.5, 0.6) is 0 Å². The largest absolute Gasteiger partial charge is 0.454 e. The van der Waals surface area contributed by atoms with Crippen molar-refractivity contribution in [1.29, 1.82) is 0 Å². The van der Waals surface area contributed by atoms with E-state index < -0.39 is 0 Å². The van der Waals surface area contributed by atoms with Crippen molar-refractivity contribution in [2.75, 3.05) is 0 Å². The van der Waals surface area contributed by atoms with E-state index in [0.29, 0.717) is 5.56 Å². The van der Waals surface area contributed by atoms with Crippen molar-refractivity contribution in [2.24, 2.45) is 0 Å². The van der Waals surface area contributed by atoms with Gasteiger partial charge in [0.25, 0.3) is 0 Å². The van der Waals surface area contributed by atoms with Crippen LogP contribution in [0.2, 0.25) is 0 Å².